The lowest BCUT2D eigenvalue weighted by Crippen LogP contribution is -2.10. The smallest absolute Gasteiger partial charge is 0.250 e. The Morgan fingerprint density at radius 1 is 1.60 bits per heavy atom. The van der Waals surface area contributed by atoms with Crippen LogP contribution in [0.15, 0.2) is 18.3 Å². The molecule has 0 aliphatic heterocycles. The molecule has 4 heteroatoms. The van der Waals surface area contributed by atoms with Crippen LogP contribution < -0.4 is 5.73 Å². The molecule has 0 unspecified atom stereocenters. The van der Waals surface area contributed by atoms with Crippen molar-refractivity contribution in [1.82, 2.24) is 4.98 Å². The minimum atomic E-state index is -0.453. The molecule has 1 aromatic heterocycles. The summed E-state index contributed by atoms with van der Waals surface area (Å²) in [5.41, 5.74) is 5.41. The van der Waals surface area contributed by atoms with Crippen LogP contribution in [0.2, 0.25) is 0 Å². The van der Waals surface area contributed by atoms with E-state index in [2.05, 4.69) is 4.98 Å². The van der Waals surface area contributed by atoms with E-state index in [1.165, 1.54) is 6.20 Å². The molecule has 0 aromatic carbocycles. The van der Waals surface area contributed by atoms with Crippen LogP contribution in [0.1, 0.15) is 10.4 Å². The Kier molecular flexibility index (Phi) is 1.82. The summed E-state index contributed by atoms with van der Waals surface area (Å²) in [5.74, 6) is -0.453. The summed E-state index contributed by atoms with van der Waals surface area (Å²) in [7, 11) is 0. The lowest BCUT2D eigenvalue weighted by atomic mass is 10.3. The average molecular weight is 154 g/mol. The van der Waals surface area contributed by atoms with Crippen molar-refractivity contribution in [3.8, 4) is 0 Å². The van der Waals surface area contributed by atoms with Gasteiger partial charge in [-0.1, -0.05) is 12.2 Å². The van der Waals surface area contributed by atoms with Crippen LogP contribution in [0.3, 0.4) is 0 Å². The highest BCUT2D eigenvalue weighted by Crippen LogP contribution is 1.93. The number of carbonyl (C=O) groups excluding carboxylic acids is 1. The third-order valence-electron chi connectivity index (χ3n) is 1.07. The third kappa shape index (κ3) is 1.41. The third-order valence-corrected chi connectivity index (χ3v) is 1.32. The Morgan fingerprint density at radius 2 is 2.30 bits per heavy atom. The van der Waals surface area contributed by atoms with E-state index in [0.717, 1.165) is 0 Å². The molecular weight excluding hydrogens is 148 g/mol. The number of rotatable bonds is 1. The molecule has 0 bridgehead atoms. The van der Waals surface area contributed by atoms with Crippen molar-refractivity contribution < 1.29 is 4.79 Å². The van der Waals surface area contributed by atoms with Gasteiger partial charge in [-0.2, -0.15) is 0 Å². The predicted octanol–water partition coefficient (Wildman–Crippen LogP) is 0.843. The summed E-state index contributed by atoms with van der Waals surface area (Å²) in [5, 5.41) is 0. The van der Waals surface area contributed by atoms with E-state index in [0.29, 0.717) is 10.2 Å². The summed E-state index contributed by atoms with van der Waals surface area (Å²) < 4.78 is 0.588. The van der Waals surface area contributed by atoms with Crippen molar-refractivity contribution >= 4 is 18.1 Å². The number of primary amides is 1. The fraction of sp³-hybridized carbons (Fsp3) is 0. The van der Waals surface area contributed by atoms with Crippen LogP contribution in [0.5, 0.6) is 0 Å². The van der Waals surface area contributed by atoms with Crippen molar-refractivity contribution in [3.63, 3.8) is 0 Å². The number of H-pyrrole nitrogens is 1. The highest BCUT2D eigenvalue weighted by molar-refractivity contribution is 7.71. The Bertz CT molecular complexity index is 284. The van der Waals surface area contributed by atoms with Crippen molar-refractivity contribution in [1.29, 1.82) is 0 Å². The first-order valence-corrected chi connectivity index (χ1v) is 3.09. The molecule has 0 saturated carbocycles. The van der Waals surface area contributed by atoms with Gasteiger partial charge in [-0.25, -0.2) is 0 Å². The van der Waals surface area contributed by atoms with Crippen LogP contribution in [0.25, 0.3) is 0 Å². The molecule has 0 aliphatic carbocycles. The van der Waals surface area contributed by atoms with E-state index >= 15 is 0 Å². The van der Waals surface area contributed by atoms with E-state index in [1.807, 2.05) is 0 Å². The highest BCUT2D eigenvalue weighted by Gasteiger charge is 1.95. The number of amides is 1. The maximum Gasteiger partial charge on any atom is 0.250 e. The van der Waals surface area contributed by atoms with E-state index in [1.54, 1.807) is 12.1 Å². The summed E-state index contributed by atoms with van der Waals surface area (Å²) in [6, 6.07) is 3.20. The number of aromatic nitrogens is 1. The van der Waals surface area contributed by atoms with Crippen molar-refractivity contribution in [2.24, 2.45) is 5.73 Å². The maximum atomic E-state index is 10.5. The molecule has 3 nitrogen and oxygen atoms in total. The van der Waals surface area contributed by atoms with E-state index in [4.69, 9.17) is 18.0 Å². The average Bonchev–Trinajstić information content (AvgIpc) is 1.88. The maximum absolute atomic E-state index is 10.5. The summed E-state index contributed by atoms with van der Waals surface area (Å²) in [6.07, 6.45) is 1.49. The standard InChI is InChI=1S/C6H6N2OS/c7-6(9)4-1-2-5(10)8-3-4/h1-3H,(H2,7,9)(H,8,10). The summed E-state index contributed by atoms with van der Waals surface area (Å²) in [4.78, 5) is 13.2. The molecule has 3 N–H and O–H groups in total. The molecule has 10 heavy (non-hydrogen) atoms. The van der Waals surface area contributed by atoms with E-state index in [-0.39, 0.29) is 0 Å². The number of nitrogens with one attached hydrogen (secondary N) is 1. The van der Waals surface area contributed by atoms with Gasteiger partial charge in [0.25, 0.3) is 0 Å². The topological polar surface area (TPSA) is 58.9 Å². The molecule has 1 aromatic rings. The van der Waals surface area contributed by atoms with Crippen LogP contribution in [0.4, 0.5) is 0 Å². The Labute approximate surface area is 62.9 Å². The number of hydrogen-bond donors (Lipinski definition) is 2. The number of aromatic amines is 1. The van der Waals surface area contributed by atoms with Gasteiger partial charge in [0.05, 0.1) is 5.56 Å². The SMILES string of the molecule is NC(=O)c1ccc(=S)[nH]c1. The first kappa shape index (κ1) is 6.95. The van der Waals surface area contributed by atoms with E-state index in [9.17, 15) is 4.79 Å². The fourth-order valence-corrected chi connectivity index (χ4v) is 0.691. The summed E-state index contributed by atoms with van der Waals surface area (Å²) >= 11 is 4.75. The second-order valence-corrected chi connectivity index (χ2v) is 2.25. The molecule has 0 radical (unpaired) electrons. The molecule has 52 valence electrons. The first-order valence-electron chi connectivity index (χ1n) is 2.68. The van der Waals surface area contributed by atoms with E-state index < -0.39 is 5.91 Å². The van der Waals surface area contributed by atoms with Crippen molar-refractivity contribution in [2.75, 3.05) is 0 Å². The molecule has 0 aliphatic rings. The van der Waals surface area contributed by atoms with Gasteiger partial charge in [-0.05, 0) is 12.1 Å². The van der Waals surface area contributed by atoms with Crippen LogP contribution in [-0.2, 0) is 0 Å². The van der Waals surface area contributed by atoms with Crippen molar-refractivity contribution in [2.45, 2.75) is 0 Å². The lowest BCUT2D eigenvalue weighted by molar-refractivity contribution is 0.1000. The highest BCUT2D eigenvalue weighted by atomic mass is 32.1. The van der Waals surface area contributed by atoms with Gasteiger partial charge in [0.2, 0.25) is 5.91 Å². The van der Waals surface area contributed by atoms with Gasteiger partial charge in [0.15, 0.2) is 0 Å². The predicted molar refractivity (Wildman–Crippen MR) is 40.1 cm³/mol. The second-order valence-electron chi connectivity index (χ2n) is 1.81. The molecule has 0 atom stereocenters. The minimum Gasteiger partial charge on any atom is -0.366 e. The van der Waals surface area contributed by atoms with Gasteiger partial charge in [0, 0.05) is 6.20 Å². The minimum absolute atomic E-state index is 0.439. The zero-order chi connectivity index (χ0) is 7.56. The zero-order valence-corrected chi connectivity index (χ0v) is 5.94. The number of pyridine rings is 1. The molecular formula is C6H6N2OS. The quantitative estimate of drug-likeness (QED) is 0.589. The van der Waals surface area contributed by atoms with Gasteiger partial charge in [-0.3, -0.25) is 4.79 Å². The molecule has 1 rings (SSSR count). The van der Waals surface area contributed by atoms with Crippen LogP contribution >= 0.6 is 12.2 Å². The number of nitrogens with two attached hydrogens (primary N) is 1. The normalized spacial score (nSPS) is 9.20. The second kappa shape index (κ2) is 2.62. The van der Waals surface area contributed by atoms with Crippen LogP contribution in [-0.4, -0.2) is 10.9 Å². The fourth-order valence-electron chi connectivity index (χ4n) is 0.564. The van der Waals surface area contributed by atoms with Crippen LogP contribution in [0, 0.1) is 4.64 Å². The van der Waals surface area contributed by atoms with Gasteiger partial charge < -0.3 is 10.7 Å². The lowest BCUT2D eigenvalue weighted by Gasteiger charge is -1.91. The molecule has 0 spiro atoms. The Balaban J connectivity index is 3.12. The Morgan fingerprint density at radius 3 is 2.70 bits per heavy atom. The van der Waals surface area contributed by atoms with Gasteiger partial charge >= 0.3 is 0 Å². The number of carbonyl (C=O) groups is 1. The number of hydrogen-bond acceptors (Lipinski definition) is 2. The van der Waals surface area contributed by atoms with Crippen molar-refractivity contribution in [3.05, 3.63) is 28.5 Å². The largest absolute Gasteiger partial charge is 0.366 e. The van der Waals surface area contributed by atoms with Gasteiger partial charge in [-0.15, -0.1) is 0 Å². The monoisotopic (exact) mass is 154 g/mol. The van der Waals surface area contributed by atoms with Gasteiger partial charge in [0.1, 0.15) is 4.64 Å². The molecule has 1 heterocycles. The first-order chi connectivity index (χ1) is 4.70. The Hall–Kier alpha value is -1.16. The molecule has 0 fully saturated rings. The molecule has 1 amide bonds. The molecule has 0 saturated heterocycles. The summed E-state index contributed by atoms with van der Waals surface area (Å²) in [6.45, 7) is 0. The zero-order valence-electron chi connectivity index (χ0n) is 5.13.